The lowest BCUT2D eigenvalue weighted by atomic mass is 9.80. The Labute approximate surface area is 123 Å². The summed E-state index contributed by atoms with van der Waals surface area (Å²) in [5.74, 6) is 0.225. The van der Waals surface area contributed by atoms with Crippen LogP contribution in [0.15, 0.2) is 36.4 Å². The van der Waals surface area contributed by atoms with Crippen LogP contribution in [0.3, 0.4) is 0 Å². The molecular formula is C18H27NO. The summed E-state index contributed by atoms with van der Waals surface area (Å²) in [6.45, 7) is 5.05. The van der Waals surface area contributed by atoms with Gasteiger partial charge in [0.15, 0.2) is 5.78 Å². The average molecular weight is 273 g/mol. The van der Waals surface area contributed by atoms with E-state index in [0.717, 1.165) is 31.4 Å². The van der Waals surface area contributed by atoms with Gasteiger partial charge in [-0.2, -0.15) is 0 Å². The van der Waals surface area contributed by atoms with Crippen molar-refractivity contribution in [3.8, 4) is 0 Å². The van der Waals surface area contributed by atoms with Crippen molar-refractivity contribution in [3.63, 3.8) is 0 Å². The quantitative estimate of drug-likeness (QED) is 0.667. The van der Waals surface area contributed by atoms with Crippen molar-refractivity contribution in [2.45, 2.75) is 33.1 Å². The smallest absolute Gasteiger partial charge is 0.162 e. The van der Waals surface area contributed by atoms with E-state index in [1.807, 2.05) is 50.5 Å². The molecule has 0 radical (unpaired) electrons. The Hall–Kier alpha value is -1.41. The largest absolute Gasteiger partial charge is 0.308 e. The van der Waals surface area contributed by atoms with Gasteiger partial charge in [0.1, 0.15) is 0 Å². The van der Waals surface area contributed by atoms with Gasteiger partial charge in [-0.3, -0.25) is 4.79 Å². The number of hydrogen-bond donors (Lipinski definition) is 0. The van der Waals surface area contributed by atoms with Gasteiger partial charge in [0.2, 0.25) is 0 Å². The molecule has 0 aliphatic carbocycles. The third kappa shape index (κ3) is 5.30. The zero-order chi connectivity index (χ0) is 15.0. The molecule has 2 heteroatoms. The maximum atomic E-state index is 12.6. The number of rotatable bonds is 8. The number of nitrogens with zero attached hydrogens (tertiary/aromatic N) is 1. The molecule has 1 rings (SSSR count). The van der Waals surface area contributed by atoms with Crippen molar-refractivity contribution in [3.05, 3.63) is 42.0 Å². The monoisotopic (exact) mass is 273 g/mol. The van der Waals surface area contributed by atoms with Gasteiger partial charge < -0.3 is 4.90 Å². The Morgan fingerprint density at radius 1 is 1.25 bits per heavy atom. The third-order valence-electron chi connectivity index (χ3n) is 3.57. The second-order valence-corrected chi connectivity index (χ2v) is 6.01. The van der Waals surface area contributed by atoms with Crippen LogP contribution in [-0.2, 0) is 4.79 Å². The first-order valence-corrected chi connectivity index (χ1v) is 7.40. The number of carbonyl (C=O) groups is 1. The van der Waals surface area contributed by atoms with E-state index in [0.29, 0.717) is 0 Å². The van der Waals surface area contributed by atoms with Crippen molar-refractivity contribution in [1.82, 2.24) is 4.90 Å². The number of hydrogen-bond acceptors (Lipinski definition) is 2. The van der Waals surface area contributed by atoms with Crippen molar-refractivity contribution in [2.24, 2.45) is 5.41 Å². The van der Waals surface area contributed by atoms with E-state index in [2.05, 4.69) is 18.7 Å². The fourth-order valence-electron chi connectivity index (χ4n) is 2.48. The first-order chi connectivity index (χ1) is 9.48. The van der Waals surface area contributed by atoms with Gasteiger partial charge in [-0.25, -0.2) is 0 Å². The molecule has 0 amide bonds. The highest BCUT2D eigenvalue weighted by Gasteiger charge is 2.31. The summed E-state index contributed by atoms with van der Waals surface area (Å²) in [5.41, 5.74) is 0.786. The van der Waals surface area contributed by atoms with Crippen LogP contribution in [-0.4, -0.2) is 31.3 Å². The van der Waals surface area contributed by atoms with Crippen LogP contribution in [0.25, 0.3) is 6.08 Å². The molecule has 0 N–H and O–H groups in total. The minimum absolute atomic E-state index is 0.225. The van der Waals surface area contributed by atoms with Crippen molar-refractivity contribution < 1.29 is 4.79 Å². The van der Waals surface area contributed by atoms with E-state index in [9.17, 15) is 4.79 Å². The van der Waals surface area contributed by atoms with Crippen molar-refractivity contribution in [1.29, 1.82) is 0 Å². The molecule has 1 aromatic rings. The molecule has 0 aliphatic heterocycles. The molecule has 2 nitrogen and oxygen atoms in total. The van der Waals surface area contributed by atoms with Crippen LogP contribution in [0.5, 0.6) is 0 Å². The van der Waals surface area contributed by atoms with Crippen molar-refractivity contribution in [2.75, 3.05) is 20.6 Å². The molecule has 0 bridgehead atoms. The molecule has 1 atom stereocenters. The predicted octanol–water partition coefficient (Wildman–Crippen LogP) is 4.03. The van der Waals surface area contributed by atoms with Crippen LogP contribution < -0.4 is 0 Å². The van der Waals surface area contributed by atoms with Gasteiger partial charge in [-0.1, -0.05) is 63.1 Å². The Morgan fingerprint density at radius 2 is 1.90 bits per heavy atom. The van der Waals surface area contributed by atoms with Crippen LogP contribution >= 0.6 is 0 Å². The zero-order valence-corrected chi connectivity index (χ0v) is 13.2. The normalized spacial score (nSPS) is 14.7. The summed E-state index contributed by atoms with van der Waals surface area (Å²) >= 11 is 0. The predicted molar refractivity (Wildman–Crippen MR) is 86.7 cm³/mol. The Balaban J connectivity index is 2.79. The van der Waals surface area contributed by atoms with Crippen LogP contribution in [0.1, 0.15) is 38.7 Å². The van der Waals surface area contributed by atoms with E-state index >= 15 is 0 Å². The van der Waals surface area contributed by atoms with Crippen LogP contribution in [0.4, 0.5) is 0 Å². The zero-order valence-electron chi connectivity index (χ0n) is 13.2. The summed E-state index contributed by atoms with van der Waals surface area (Å²) < 4.78 is 0. The molecule has 1 aromatic carbocycles. The first kappa shape index (κ1) is 16.6. The number of ketones is 1. The fraction of sp³-hybridized carbons (Fsp3) is 0.500. The maximum Gasteiger partial charge on any atom is 0.162 e. The number of carbonyl (C=O) groups excluding carboxylic acids is 1. The highest BCUT2D eigenvalue weighted by atomic mass is 16.1. The molecule has 20 heavy (non-hydrogen) atoms. The van der Waals surface area contributed by atoms with Crippen LogP contribution in [0, 0.1) is 5.41 Å². The lowest BCUT2D eigenvalue weighted by molar-refractivity contribution is -0.124. The van der Waals surface area contributed by atoms with Gasteiger partial charge in [0.25, 0.3) is 0 Å². The molecular weight excluding hydrogens is 246 g/mol. The second kappa shape index (κ2) is 8.01. The first-order valence-electron chi connectivity index (χ1n) is 7.40. The average Bonchev–Trinajstić information content (AvgIpc) is 2.43. The van der Waals surface area contributed by atoms with E-state index in [-0.39, 0.29) is 11.2 Å². The van der Waals surface area contributed by atoms with E-state index in [1.165, 1.54) is 0 Å². The molecule has 0 aromatic heterocycles. The summed E-state index contributed by atoms with van der Waals surface area (Å²) in [6, 6.07) is 9.98. The summed E-state index contributed by atoms with van der Waals surface area (Å²) in [7, 11) is 4.05. The van der Waals surface area contributed by atoms with Gasteiger partial charge in [-0.15, -0.1) is 0 Å². The summed E-state index contributed by atoms with van der Waals surface area (Å²) in [5, 5.41) is 0. The number of allylic oxidation sites excluding steroid dienone is 1. The van der Waals surface area contributed by atoms with Gasteiger partial charge >= 0.3 is 0 Å². The molecule has 0 spiro atoms. The molecule has 0 unspecified atom stereocenters. The lowest BCUT2D eigenvalue weighted by Crippen LogP contribution is -2.37. The SMILES string of the molecule is CCCC[C@](C)(CN(C)C)C(=O)/C=C\c1ccccc1. The topological polar surface area (TPSA) is 20.3 Å². The molecule has 110 valence electrons. The van der Waals surface area contributed by atoms with E-state index in [4.69, 9.17) is 0 Å². The summed E-state index contributed by atoms with van der Waals surface area (Å²) in [6.07, 6.45) is 6.82. The van der Waals surface area contributed by atoms with E-state index in [1.54, 1.807) is 6.08 Å². The maximum absolute atomic E-state index is 12.6. The second-order valence-electron chi connectivity index (χ2n) is 6.01. The van der Waals surface area contributed by atoms with E-state index < -0.39 is 0 Å². The highest BCUT2D eigenvalue weighted by molar-refractivity contribution is 5.98. The Kier molecular flexibility index (Phi) is 6.66. The van der Waals surface area contributed by atoms with Crippen LogP contribution in [0.2, 0.25) is 0 Å². The molecule has 0 saturated carbocycles. The van der Waals surface area contributed by atoms with Gasteiger partial charge in [0, 0.05) is 12.0 Å². The summed E-state index contributed by atoms with van der Waals surface area (Å²) in [4.78, 5) is 14.7. The Morgan fingerprint density at radius 3 is 2.45 bits per heavy atom. The molecule has 0 aliphatic rings. The Bertz CT molecular complexity index is 436. The minimum Gasteiger partial charge on any atom is -0.308 e. The minimum atomic E-state index is -0.287. The van der Waals surface area contributed by atoms with Crippen molar-refractivity contribution >= 4 is 11.9 Å². The fourth-order valence-corrected chi connectivity index (χ4v) is 2.48. The number of unbranched alkanes of at least 4 members (excludes halogenated alkanes) is 1. The number of benzene rings is 1. The van der Waals surface area contributed by atoms with Gasteiger partial charge in [0.05, 0.1) is 0 Å². The molecule has 0 saturated heterocycles. The third-order valence-corrected chi connectivity index (χ3v) is 3.57. The van der Waals surface area contributed by atoms with Gasteiger partial charge in [-0.05, 0) is 32.2 Å². The highest BCUT2D eigenvalue weighted by Crippen LogP contribution is 2.27. The molecule has 0 fully saturated rings. The standard InChI is InChI=1S/C18H27NO/c1-5-6-14-18(2,15-19(3)4)17(20)13-12-16-10-8-7-9-11-16/h7-13H,5-6,14-15H2,1-4H3/b13-12-/t18-/m1/s1. The lowest BCUT2D eigenvalue weighted by Gasteiger charge is -2.30. The molecule has 0 heterocycles.